The summed E-state index contributed by atoms with van der Waals surface area (Å²) in [6.45, 7) is 5.06. The fourth-order valence-corrected chi connectivity index (χ4v) is 1.01. The van der Waals surface area contributed by atoms with Crippen molar-refractivity contribution in [2.75, 3.05) is 0 Å². The summed E-state index contributed by atoms with van der Waals surface area (Å²) in [4.78, 5) is 11.5. The lowest BCUT2D eigenvalue weighted by molar-refractivity contribution is 0.00639. The van der Waals surface area contributed by atoms with Crippen LogP contribution in [0.3, 0.4) is 0 Å². The minimum absolute atomic E-state index is 0.259. The van der Waals surface area contributed by atoms with E-state index in [4.69, 9.17) is 9.84 Å². The van der Waals surface area contributed by atoms with Gasteiger partial charge in [-0.2, -0.15) is 0 Å². The average Bonchev–Trinajstić information content (AvgIpc) is 2.06. The number of phenols is 1. The molecule has 0 aromatic heterocycles. The quantitative estimate of drug-likeness (QED) is 0.727. The van der Waals surface area contributed by atoms with Gasteiger partial charge in [0.05, 0.1) is 5.56 Å². The van der Waals surface area contributed by atoms with E-state index in [0.717, 1.165) is 0 Å². The highest BCUT2D eigenvalue weighted by Gasteiger charge is 2.21. The van der Waals surface area contributed by atoms with Gasteiger partial charge in [0, 0.05) is 0 Å². The van der Waals surface area contributed by atoms with Gasteiger partial charge in [-0.05, 0) is 32.9 Å². The Morgan fingerprint density at radius 2 is 2.00 bits per heavy atom. The van der Waals surface area contributed by atoms with Crippen molar-refractivity contribution in [3.63, 3.8) is 0 Å². The molecule has 82 valence electrons. The van der Waals surface area contributed by atoms with Crippen LogP contribution in [0.25, 0.3) is 0 Å². The first-order valence-corrected chi connectivity index (χ1v) is 4.52. The zero-order valence-corrected chi connectivity index (χ0v) is 8.87. The first-order chi connectivity index (χ1) is 6.81. The summed E-state index contributed by atoms with van der Waals surface area (Å²) in [7, 11) is 0. The Hall–Kier alpha value is -1.58. The Morgan fingerprint density at radius 1 is 1.40 bits per heavy atom. The molecule has 1 aromatic carbocycles. The summed E-state index contributed by atoms with van der Waals surface area (Å²) in [6.07, 6.45) is 0. The van der Waals surface area contributed by atoms with E-state index in [1.807, 2.05) is 0 Å². The first-order valence-electron chi connectivity index (χ1n) is 4.52. The van der Waals surface area contributed by atoms with Gasteiger partial charge in [0.1, 0.15) is 5.60 Å². The number of hydrogen-bond donors (Lipinski definition) is 1. The molecule has 1 N–H and O–H groups in total. The summed E-state index contributed by atoms with van der Waals surface area (Å²) >= 11 is 0. The van der Waals surface area contributed by atoms with Crippen LogP contribution in [0.15, 0.2) is 18.2 Å². The highest BCUT2D eigenvalue weighted by Crippen LogP contribution is 2.21. The molecule has 0 radical (unpaired) electrons. The molecule has 0 aliphatic carbocycles. The standard InChI is InChI=1S/C11H13FO3/c1-11(2,3)15-10(14)7-5-4-6-8(13)9(7)12/h4-6,13H,1-3H3. The third-order valence-electron chi connectivity index (χ3n) is 1.60. The fraction of sp³-hybridized carbons (Fsp3) is 0.364. The maximum absolute atomic E-state index is 13.3. The second kappa shape index (κ2) is 3.88. The number of ether oxygens (including phenoxy) is 1. The molecule has 1 aromatic rings. The van der Waals surface area contributed by atoms with Crippen molar-refractivity contribution in [1.82, 2.24) is 0 Å². The van der Waals surface area contributed by atoms with E-state index in [1.54, 1.807) is 20.8 Å². The minimum atomic E-state index is -0.952. The molecule has 0 aliphatic rings. The number of esters is 1. The van der Waals surface area contributed by atoms with Crippen LogP contribution in [-0.2, 0) is 4.74 Å². The van der Waals surface area contributed by atoms with Crippen LogP contribution in [0.5, 0.6) is 5.75 Å². The highest BCUT2D eigenvalue weighted by molar-refractivity contribution is 5.90. The lowest BCUT2D eigenvalue weighted by Crippen LogP contribution is -2.24. The molecular weight excluding hydrogens is 199 g/mol. The van der Waals surface area contributed by atoms with E-state index in [2.05, 4.69) is 0 Å². The molecule has 1 rings (SSSR count). The van der Waals surface area contributed by atoms with Gasteiger partial charge in [-0.1, -0.05) is 6.07 Å². The van der Waals surface area contributed by atoms with E-state index in [9.17, 15) is 9.18 Å². The monoisotopic (exact) mass is 212 g/mol. The number of aromatic hydroxyl groups is 1. The Bertz CT molecular complexity index is 380. The van der Waals surface area contributed by atoms with Gasteiger partial charge < -0.3 is 9.84 Å². The zero-order chi connectivity index (χ0) is 11.6. The number of halogens is 1. The van der Waals surface area contributed by atoms with Crippen LogP contribution in [0.2, 0.25) is 0 Å². The van der Waals surface area contributed by atoms with Gasteiger partial charge in [0.25, 0.3) is 0 Å². The van der Waals surface area contributed by atoms with Crippen molar-refractivity contribution in [2.24, 2.45) is 0 Å². The largest absolute Gasteiger partial charge is 0.505 e. The molecule has 0 heterocycles. The van der Waals surface area contributed by atoms with Crippen molar-refractivity contribution < 1.29 is 19.0 Å². The van der Waals surface area contributed by atoms with Crippen molar-refractivity contribution in [3.8, 4) is 5.75 Å². The van der Waals surface area contributed by atoms with Crippen LogP contribution in [0.4, 0.5) is 4.39 Å². The summed E-state index contributed by atoms with van der Waals surface area (Å²) < 4.78 is 18.2. The van der Waals surface area contributed by atoms with Crippen LogP contribution >= 0.6 is 0 Å². The maximum atomic E-state index is 13.3. The first kappa shape index (κ1) is 11.5. The second-order valence-electron chi connectivity index (χ2n) is 4.14. The average molecular weight is 212 g/mol. The predicted molar refractivity (Wildman–Crippen MR) is 53.2 cm³/mol. The third kappa shape index (κ3) is 2.94. The number of carbonyl (C=O) groups is 1. The van der Waals surface area contributed by atoms with Crippen molar-refractivity contribution in [1.29, 1.82) is 0 Å². The van der Waals surface area contributed by atoms with Gasteiger partial charge in [0.2, 0.25) is 0 Å². The van der Waals surface area contributed by atoms with Crippen LogP contribution in [-0.4, -0.2) is 16.7 Å². The summed E-state index contributed by atoms with van der Waals surface area (Å²) in [6, 6.07) is 3.82. The third-order valence-corrected chi connectivity index (χ3v) is 1.60. The lowest BCUT2D eigenvalue weighted by Gasteiger charge is -2.19. The SMILES string of the molecule is CC(C)(C)OC(=O)c1cccc(O)c1F. The van der Waals surface area contributed by atoms with Crippen LogP contribution < -0.4 is 0 Å². The maximum Gasteiger partial charge on any atom is 0.341 e. The number of benzene rings is 1. The minimum Gasteiger partial charge on any atom is -0.505 e. The molecular formula is C11H13FO3. The van der Waals surface area contributed by atoms with Crippen molar-refractivity contribution in [3.05, 3.63) is 29.6 Å². The smallest absolute Gasteiger partial charge is 0.341 e. The van der Waals surface area contributed by atoms with E-state index >= 15 is 0 Å². The molecule has 0 bridgehead atoms. The van der Waals surface area contributed by atoms with E-state index < -0.39 is 23.1 Å². The molecule has 0 spiro atoms. The molecule has 0 fully saturated rings. The Morgan fingerprint density at radius 3 is 2.53 bits per heavy atom. The van der Waals surface area contributed by atoms with Crippen LogP contribution in [0, 0.1) is 5.82 Å². The summed E-state index contributed by atoms with van der Waals surface area (Å²) in [5.74, 6) is -2.29. The van der Waals surface area contributed by atoms with E-state index in [1.165, 1.54) is 18.2 Å². The molecule has 4 heteroatoms. The Kier molecular flexibility index (Phi) is 2.98. The topological polar surface area (TPSA) is 46.5 Å². The molecule has 0 unspecified atom stereocenters. The second-order valence-corrected chi connectivity index (χ2v) is 4.14. The van der Waals surface area contributed by atoms with Gasteiger partial charge in [0.15, 0.2) is 11.6 Å². The number of phenolic OH excluding ortho intramolecular Hbond substituents is 1. The Balaban J connectivity index is 2.97. The van der Waals surface area contributed by atoms with Crippen molar-refractivity contribution in [2.45, 2.75) is 26.4 Å². The molecule has 0 saturated heterocycles. The molecule has 15 heavy (non-hydrogen) atoms. The fourth-order valence-electron chi connectivity index (χ4n) is 1.01. The Labute approximate surface area is 87.5 Å². The van der Waals surface area contributed by atoms with E-state index in [0.29, 0.717) is 0 Å². The highest BCUT2D eigenvalue weighted by atomic mass is 19.1. The summed E-state index contributed by atoms with van der Waals surface area (Å²) in [5, 5.41) is 9.06. The predicted octanol–water partition coefficient (Wildman–Crippen LogP) is 2.49. The van der Waals surface area contributed by atoms with Gasteiger partial charge in [-0.25, -0.2) is 9.18 Å². The van der Waals surface area contributed by atoms with Gasteiger partial charge in [-0.3, -0.25) is 0 Å². The number of rotatable bonds is 1. The van der Waals surface area contributed by atoms with Gasteiger partial charge in [-0.15, -0.1) is 0 Å². The van der Waals surface area contributed by atoms with Crippen LogP contribution in [0.1, 0.15) is 31.1 Å². The molecule has 0 aliphatic heterocycles. The molecule has 0 saturated carbocycles. The normalized spacial score (nSPS) is 11.2. The number of hydrogen-bond acceptors (Lipinski definition) is 3. The number of carbonyl (C=O) groups excluding carboxylic acids is 1. The molecule has 0 atom stereocenters. The van der Waals surface area contributed by atoms with E-state index in [-0.39, 0.29) is 5.56 Å². The lowest BCUT2D eigenvalue weighted by atomic mass is 10.1. The zero-order valence-electron chi connectivity index (χ0n) is 8.87. The van der Waals surface area contributed by atoms with Crippen molar-refractivity contribution >= 4 is 5.97 Å². The van der Waals surface area contributed by atoms with Gasteiger partial charge >= 0.3 is 5.97 Å². The summed E-state index contributed by atoms with van der Waals surface area (Å²) in [5.41, 5.74) is -0.945. The molecule has 3 nitrogen and oxygen atoms in total. The molecule has 0 amide bonds.